The van der Waals surface area contributed by atoms with Crippen molar-refractivity contribution in [2.24, 2.45) is 0 Å². The Labute approximate surface area is 169 Å². The number of hydrogen-bond donors (Lipinski definition) is 0. The molecule has 0 atom stereocenters. The van der Waals surface area contributed by atoms with Crippen molar-refractivity contribution < 1.29 is 28.3 Å². The van der Waals surface area contributed by atoms with Crippen LogP contribution in [-0.4, -0.2) is 37.4 Å². The predicted octanol–water partition coefficient (Wildman–Crippen LogP) is 3.88. The Morgan fingerprint density at radius 1 is 1.07 bits per heavy atom. The quantitative estimate of drug-likeness (QED) is 0.502. The average molecular weight is 449 g/mol. The fourth-order valence-electron chi connectivity index (χ4n) is 2.53. The second kappa shape index (κ2) is 8.75. The molecule has 0 saturated heterocycles. The van der Waals surface area contributed by atoms with Gasteiger partial charge in [-0.3, -0.25) is 0 Å². The number of methoxy groups -OCH3 is 3. The minimum atomic E-state index is -0.625. The summed E-state index contributed by atoms with van der Waals surface area (Å²) in [6, 6.07) is 10.6. The van der Waals surface area contributed by atoms with Crippen LogP contribution in [0.2, 0.25) is 0 Å². The second-order valence-electron chi connectivity index (χ2n) is 5.48. The number of nitrogens with zero attached hydrogens (tertiary/aromatic N) is 2. The van der Waals surface area contributed by atoms with Gasteiger partial charge in [-0.25, -0.2) is 4.79 Å². The number of benzene rings is 2. The molecule has 0 N–H and O–H groups in total. The van der Waals surface area contributed by atoms with Gasteiger partial charge in [0.2, 0.25) is 11.6 Å². The Morgan fingerprint density at radius 2 is 1.86 bits per heavy atom. The first-order valence-corrected chi connectivity index (χ1v) is 8.91. The summed E-state index contributed by atoms with van der Waals surface area (Å²) >= 11 is 3.39. The molecule has 28 heavy (non-hydrogen) atoms. The summed E-state index contributed by atoms with van der Waals surface area (Å²) in [7, 11) is 4.38. The molecule has 8 nitrogen and oxygen atoms in total. The molecule has 9 heteroatoms. The van der Waals surface area contributed by atoms with Gasteiger partial charge in [0.15, 0.2) is 18.1 Å². The van der Waals surface area contributed by atoms with Crippen molar-refractivity contribution in [2.75, 3.05) is 21.3 Å². The van der Waals surface area contributed by atoms with Gasteiger partial charge >= 0.3 is 5.97 Å². The smallest absolute Gasteiger partial charge is 0.342 e. The number of carbonyl (C=O) groups excluding carboxylic acids is 1. The number of aromatic nitrogens is 2. The molecule has 3 rings (SSSR count). The van der Waals surface area contributed by atoms with E-state index in [2.05, 4.69) is 26.1 Å². The maximum absolute atomic E-state index is 12.5. The van der Waals surface area contributed by atoms with E-state index in [0.29, 0.717) is 17.3 Å². The van der Waals surface area contributed by atoms with Crippen molar-refractivity contribution in [3.8, 4) is 28.6 Å². The lowest BCUT2D eigenvalue weighted by Gasteiger charge is -2.14. The topological polar surface area (TPSA) is 92.9 Å². The Bertz CT molecular complexity index is 988. The van der Waals surface area contributed by atoms with Crippen LogP contribution in [0.5, 0.6) is 17.2 Å². The van der Waals surface area contributed by atoms with E-state index in [-0.39, 0.29) is 23.8 Å². The van der Waals surface area contributed by atoms with Gasteiger partial charge in [0.05, 0.1) is 21.3 Å². The van der Waals surface area contributed by atoms with E-state index in [4.69, 9.17) is 23.5 Å². The Morgan fingerprint density at radius 3 is 2.54 bits per heavy atom. The van der Waals surface area contributed by atoms with Crippen molar-refractivity contribution in [1.82, 2.24) is 10.1 Å². The van der Waals surface area contributed by atoms with E-state index in [1.54, 1.807) is 6.07 Å². The average Bonchev–Trinajstić information content (AvgIpc) is 3.19. The van der Waals surface area contributed by atoms with Crippen molar-refractivity contribution in [3.05, 3.63) is 52.3 Å². The molecule has 0 saturated carbocycles. The first-order chi connectivity index (χ1) is 13.6. The Hall–Kier alpha value is -3.07. The minimum Gasteiger partial charge on any atom is -0.493 e. The fourth-order valence-corrected chi connectivity index (χ4v) is 2.92. The summed E-state index contributed by atoms with van der Waals surface area (Å²) in [4.78, 5) is 16.7. The van der Waals surface area contributed by atoms with Crippen LogP contribution < -0.4 is 14.2 Å². The number of carbonyl (C=O) groups is 1. The van der Waals surface area contributed by atoms with Crippen molar-refractivity contribution in [1.29, 1.82) is 0 Å². The summed E-state index contributed by atoms with van der Waals surface area (Å²) in [6.45, 7) is -0.183. The SMILES string of the molecule is COc1ccc(C(=O)OCc2nc(-c3cccc(Br)c3)no2)c(OC)c1OC. The Kier molecular flexibility index (Phi) is 6.15. The van der Waals surface area contributed by atoms with Gasteiger partial charge < -0.3 is 23.5 Å². The summed E-state index contributed by atoms with van der Waals surface area (Å²) < 4.78 is 27.1. The molecule has 1 heterocycles. The van der Waals surface area contributed by atoms with E-state index in [1.807, 2.05) is 24.3 Å². The van der Waals surface area contributed by atoms with Crippen LogP contribution in [0, 0.1) is 0 Å². The number of hydrogen-bond acceptors (Lipinski definition) is 8. The standard InChI is InChI=1S/C19H17BrN2O6/c1-24-14-8-7-13(16(25-2)17(14)26-3)19(23)27-10-15-21-18(22-28-15)11-5-4-6-12(20)9-11/h4-9H,10H2,1-3H3. The third-order valence-corrected chi connectivity index (χ3v) is 4.29. The Balaban J connectivity index is 1.75. The molecule has 3 aromatic rings. The van der Waals surface area contributed by atoms with E-state index in [1.165, 1.54) is 27.4 Å². The summed E-state index contributed by atoms with van der Waals surface area (Å²) in [5.74, 6) is 0.895. The third-order valence-electron chi connectivity index (χ3n) is 3.80. The number of esters is 1. The molecule has 2 aromatic carbocycles. The van der Waals surface area contributed by atoms with Gasteiger partial charge in [-0.1, -0.05) is 33.2 Å². The lowest BCUT2D eigenvalue weighted by molar-refractivity contribution is 0.0425. The zero-order chi connectivity index (χ0) is 20.1. The van der Waals surface area contributed by atoms with E-state index >= 15 is 0 Å². The molecule has 0 bridgehead atoms. The number of halogens is 1. The lowest BCUT2D eigenvalue weighted by Crippen LogP contribution is -2.09. The second-order valence-corrected chi connectivity index (χ2v) is 6.40. The largest absolute Gasteiger partial charge is 0.493 e. The van der Waals surface area contributed by atoms with Gasteiger partial charge in [0, 0.05) is 10.0 Å². The molecule has 0 spiro atoms. The normalized spacial score (nSPS) is 10.4. The zero-order valence-electron chi connectivity index (χ0n) is 15.4. The number of ether oxygens (including phenoxy) is 4. The first kappa shape index (κ1) is 19.7. The van der Waals surface area contributed by atoms with Crippen LogP contribution in [-0.2, 0) is 11.3 Å². The van der Waals surface area contributed by atoms with Crippen LogP contribution in [0.15, 0.2) is 45.4 Å². The molecule has 0 aliphatic heterocycles. The monoisotopic (exact) mass is 448 g/mol. The van der Waals surface area contributed by atoms with Gasteiger partial charge in [0.25, 0.3) is 5.89 Å². The van der Waals surface area contributed by atoms with E-state index in [9.17, 15) is 4.79 Å². The van der Waals surface area contributed by atoms with Crippen molar-refractivity contribution >= 4 is 21.9 Å². The van der Waals surface area contributed by atoms with Crippen LogP contribution >= 0.6 is 15.9 Å². The van der Waals surface area contributed by atoms with Crippen LogP contribution in [0.3, 0.4) is 0 Å². The molecule has 0 radical (unpaired) electrons. The first-order valence-electron chi connectivity index (χ1n) is 8.12. The summed E-state index contributed by atoms with van der Waals surface area (Å²) in [5.41, 5.74) is 0.962. The molecular formula is C19H17BrN2O6. The van der Waals surface area contributed by atoms with Gasteiger partial charge in [-0.15, -0.1) is 0 Å². The zero-order valence-corrected chi connectivity index (χ0v) is 17.0. The van der Waals surface area contributed by atoms with Crippen LogP contribution in [0.4, 0.5) is 0 Å². The van der Waals surface area contributed by atoms with Crippen molar-refractivity contribution in [2.45, 2.75) is 6.61 Å². The fraction of sp³-hybridized carbons (Fsp3) is 0.211. The van der Waals surface area contributed by atoms with Gasteiger partial charge in [0.1, 0.15) is 5.56 Å². The highest BCUT2D eigenvalue weighted by Gasteiger charge is 2.22. The highest BCUT2D eigenvalue weighted by atomic mass is 79.9. The molecular weight excluding hydrogens is 432 g/mol. The maximum atomic E-state index is 12.5. The maximum Gasteiger partial charge on any atom is 0.342 e. The lowest BCUT2D eigenvalue weighted by atomic mass is 10.1. The van der Waals surface area contributed by atoms with Gasteiger partial charge in [-0.2, -0.15) is 4.98 Å². The van der Waals surface area contributed by atoms with E-state index < -0.39 is 5.97 Å². The van der Waals surface area contributed by atoms with E-state index in [0.717, 1.165) is 10.0 Å². The van der Waals surface area contributed by atoms with Crippen LogP contribution in [0.1, 0.15) is 16.2 Å². The third kappa shape index (κ3) is 4.09. The molecule has 0 aliphatic rings. The molecule has 0 amide bonds. The van der Waals surface area contributed by atoms with Gasteiger partial charge in [-0.05, 0) is 24.3 Å². The number of rotatable bonds is 7. The molecule has 146 valence electrons. The summed E-state index contributed by atoms with van der Waals surface area (Å²) in [6.07, 6.45) is 0. The molecule has 0 unspecified atom stereocenters. The summed E-state index contributed by atoms with van der Waals surface area (Å²) in [5, 5.41) is 3.90. The highest BCUT2D eigenvalue weighted by Crippen LogP contribution is 2.40. The predicted molar refractivity (Wildman–Crippen MR) is 103 cm³/mol. The molecule has 0 fully saturated rings. The minimum absolute atomic E-state index is 0.169. The molecule has 0 aliphatic carbocycles. The van der Waals surface area contributed by atoms with Crippen LogP contribution in [0.25, 0.3) is 11.4 Å². The van der Waals surface area contributed by atoms with Crippen molar-refractivity contribution in [3.63, 3.8) is 0 Å². The highest BCUT2D eigenvalue weighted by molar-refractivity contribution is 9.10. The molecule has 1 aromatic heterocycles.